The van der Waals surface area contributed by atoms with Crippen molar-refractivity contribution in [1.29, 1.82) is 0 Å². The molecule has 0 N–H and O–H groups in total. The standard InChI is InChI=1S/12C3H9S.4BO3/c12*1-4(2)3;4*2-1(3)4/h12*1-3H3;;;;/q12*+1;4*-3. The van der Waals surface area contributed by atoms with Crippen molar-refractivity contribution in [2.45, 2.75) is 0 Å². The molecule has 0 bridgehead atoms. The van der Waals surface area contributed by atoms with E-state index in [1.807, 2.05) is 0 Å². The summed E-state index contributed by atoms with van der Waals surface area (Å²) in [7, 11) is -4.00. The first-order chi connectivity index (χ1) is 27.7. The molecule has 0 aliphatic rings. The smallest absolute Gasteiger partial charge is 0.0969 e. The zero-order valence-electron chi connectivity index (χ0n) is 48.1. The van der Waals surface area contributed by atoms with E-state index < -0.39 is 29.3 Å². The van der Waals surface area contributed by atoms with E-state index in [2.05, 4.69) is 225 Å². The van der Waals surface area contributed by atoms with Gasteiger partial charge in [0.25, 0.3) is 0 Å². The molecular weight excluding hydrogens is 1050 g/mol. The van der Waals surface area contributed by atoms with E-state index in [9.17, 15) is 0 Å². The van der Waals surface area contributed by atoms with Gasteiger partial charge in [0.1, 0.15) is 0 Å². The summed E-state index contributed by atoms with van der Waals surface area (Å²) in [6.07, 6.45) is 79.0. The fraction of sp³-hybridized carbons (Fsp3) is 1.00. The average Bonchev–Trinajstić information content (AvgIpc) is 2.83. The summed E-state index contributed by atoms with van der Waals surface area (Å²) >= 11 is 0. The third-order valence-electron chi connectivity index (χ3n) is 0. The molecule has 0 fully saturated rings. The Morgan fingerprint density at radius 3 is 0.125 bits per heavy atom. The Morgan fingerprint density at radius 2 is 0.125 bits per heavy atom. The first-order valence-corrected chi connectivity index (χ1v) is 46.9. The van der Waals surface area contributed by atoms with Crippen LogP contribution in [0, 0.1) is 0 Å². The zero-order chi connectivity index (χ0) is 57.2. The molecule has 0 heterocycles. The molecule has 0 spiro atoms. The highest BCUT2D eigenvalue weighted by atomic mass is 32.2. The Hall–Kier alpha value is 3.98. The largest absolute Gasteiger partial charge is 0.907 e. The molecule has 0 saturated heterocycles. The first-order valence-electron chi connectivity index (χ1n) is 17.5. The van der Waals surface area contributed by atoms with Gasteiger partial charge in [-0.05, 0) is 131 Å². The topological polar surface area (TPSA) is 277 Å². The van der Waals surface area contributed by atoms with E-state index in [-0.39, 0.29) is 0 Å². The molecule has 0 unspecified atom stereocenters. The van der Waals surface area contributed by atoms with Crippen LogP contribution in [0.4, 0.5) is 0 Å². The first kappa shape index (κ1) is 113. The molecule has 64 heavy (non-hydrogen) atoms. The van der Waals surface area contributed by atoms with Crippen molar-refractivity contribution >= 4 is 160 Å². The maximum Gasteiger partial charge on any atom is 0.0969 e. The molecule has 0 atom stereocenters. The number of hydrogen-bond acceptors (Lipinski definition) is 12. The minimum absolute atomic E-state index is 0.639. The summed E-state index contributed by atoms with van der Waals surface area (Å²) in [5.41, 5.74) is 0. The van der Waals surface area contributed by atoms with Gasteiger partial charge in [0.2, 0.25) is 0 Å². The van der Waals surface area contributed by atoms with Crippen LogP contribution >= 0.6 is 0 Å². The van der Waals surface area contributed by atoms with E-state index in [4.69, 9.17) is 60.3 Å². The van der Waals surface area contributed by atoms with Crippen LogP contribution in [0.15, 0.2) is 0 Å². The Balaban J connectivity index is -0.0000000274. The Morgan fingerprint density at radius 1 is 0.125 bits per heavy atom. The summed E-state index contributed by atoms with van der Waals surface area (Å²) in [5.74, 6) is 0. The van der Waals surface area contributed by atoms with Crippen molar-refractivity contribution in [3.05, 3.63) is 0 Å². The van der Waals surface area contributed by atoms with Crippen molar-refractivity contribution in [3.8, 4) is 0 Å². The molecule has 0 aromatic heterocycles. The second-order valence-corrected chi connectivity index (χ2v) is 45.2. The Bertz CT molecular complexity index is 372. The Kier molecular flexibility index (Phi) is 190. The third kappa shape index (κ3) is 17600. The minimum Gasteiger partial charge on any atom is -0.907 e. The SMILES string of the molecule is C[S+](C)C.C[S+](C)C.C[S+](C)C.C[S+](C)C.C[S+](C)C.C[S+](C)C.C[S+](C)C.C[S+](C)C.C[S+](C)C.C[S+](C)C.C[S+](C)C.C[S+](C)C.[O-]B([O-])[O-].[O-]B([O-])[O-].[O-]B([O-])[O-].[O-]B([O-])[O-]. The van der Waals surface area contributed by atoms with Gasteiger partial charge in [0.15, 0.2) is 0 Å². The molecule has 0 saturated carbocycles. The van der Waals surface area contributed by atoms with Gasteiger partial charge < -0.3 is 60.3 Å². The van der Waals surface area contributed by atoms with Gasteiger partial charge in [-0.2, -0.15) is 0 Å². The van der Waals surface area contributed by atoms with Crippen LogP contribution in [0.25, 0.3) is 0 Å². The van der Waals surface area contributed by atoms with E-state index >= 15 is 0 Å². The molecule has 408 valence electrons. The van der Waals surface area contributed by atoms with Gasteiger partial charge in [-0.15, -0.1) is 0 Å². The quantitative estimate of drug-likeness (QED) is 0.162. The summed E-state index contributed by atoms with van der Waals surface area (Å²) in [6.45, 7) is 0. The predicted molar refractivity (Wildman–Crippen MR) is 325 cm³/mol. The van der Waals surface area contributed by atoms with Crippen LogP contribution in [0.5, 0.6) is 0 Å². The van der Waals surface area contributed by atoms with Crippen molar-refractivity contribution in [2.24, 2.45) is 0 Å². The molecule has 0 aromatic carbocycles. The summed E-state index contributed by atoms with van der Waals surface area (Å²) in [6, 6.07) is 0. The molecule has 12 nitrogen and oxygen atoms in total. The maximum atomic E-state index is 8.42. The molecule has 28 heteroatoms. The van der Waals surface area contributed by atoms with Crippen molar-refractivity contribution in [1.82, 2.24) is 0 Å². The number of rotatable bonds is 0. The lowest BCUT2D eigenvalue weighted by Crippen LogP contribution is -2.56. The third-order valence-corrected chi connectivity index (χ3v) is 0. The van der Waals surface area contributed by atoms with Gasteiger partial charge in [-0.3, -0.25) is 29.3 Å². The average molecular weight is 1160 g/mol. The van der Waals surface area contributed by atoms with Gasteiger partial charge in [-0.25, -0.2) is 0 Å². The predicted octanol–water partition coefficient (Wildman–Crippen LogP) is -9.86. The normalized spacial score (nSPS) is 8.44. The van der Waals surface area contributed by atoms with Crippen LogP contribution in [0.2, 0.25) is 0 Å². The summed E-state index contributed by atoms with van der Waals surface area (Å²) < 4.78 is 0. The zero-order valence-corrected chi connectivity index (χ0v) is 57.9. The van der Waals surface area contributed by atoms with E-state index in [1.165, 1.54) is 0 Å². The maximum absolute atomic E-state index is 8.42. The highest BCUT2D eigenvalue weighted by Crippen LogP contribution is 1.67. The minimum atomic E-state index is -2.92. The second kappa shape index (κ2) is 108. The van der Waals surface area contributed by atoms with Crippen LogP contribution in [-0.4, -0.2) is 254 Å². The lowest BCUT2D eigenvalue weighted by molar-refractivity contribution is -0.481. The second-order valence-electron chi connectivity index (χ2n) is 15.9. The van der Waals surface area contributed by atoms with E-state index in [1.54, 1.807) is 0 Å². The van der Waals surface area contributed by atoms with Gasteiger partial charge in [0.05, 0.1) is 225 Å². The number of hydrogen-bond donors (Lipinski definition) is 0. The van der Waals surface area contributed by atoms with Crippen molar-refractivity contribution < 1.29 is 60.3 Å². The molecule has 0 aliphatic carbocycles. The van der Waals surface area contributed by atoms with Crippen LogP contribution < -0.4 is 60.3 Å². The van der Waals surface area contributed by atoms with Crippen molar-refractivity contribution in [2.75, 3.05) is 225 Å². The van der Waals surface area contributed by atoms with Gasteiger partial charge in [0, 0.05) is 0 Å². The van der Waals surface area contributed by atoms with Crippen molar-refractivity contribution in [3.63, 3.8) is 0 Å². The highest BCUT2D eigenvalue weighted by Gasteiger charge is 1.81. The summed E-state index contributed by atoms with van der Waals surface area (Å²) in [5, 5.41) is 101. The highest BCUT2D eigenvalue weighted by molar-refractivity contribution is 7.97. The molecule has 0 aliphatic heterocycles. The molecule has 0 radical (unpaired) electrons. The van der Waals surface area contributed by atoms with Crippen LogP contribution in [0.3, 0.4) is 0 Å². The molecule has 0 aromatic rings. The summed E-state index contributed by atoms with van der Waals surface area (Å²) in [4.78, 5) is 0. The molecule has 0 rings (SSSR count). The lowest BCUT2D eigenvalue weighted by atomic mass is 10.3. The van der Waals surface area contributed by atoms with Crippen LogP contribution in [0.1, 0.15) is 0 Å². The monoisotopic (exact) mass is 1160 g/mol. The van der Waals surface area contributed by atoms with E-state index in [0.717, 1.165) is 0 Å². The van der Waals surface area contributed by atoms with Gasteiger partial charge in [-0.1, -0.05) is 0 Å². The lowest BCUT2D eigenvalue weighted by Gasteiger charge is -2.35. The van der Waals surface area contributed by atoms with E-state index in [0.29, 0.717) is 131 Å². The Labute approximate surface area is 441 Å². The molecule has 0 amide bonds. The fourth-order valence-corrected chi connectivity index (χ4v) is 0. The molecular formula is C36H108B4O12S12. The fourth-order valence-electron chi connectivity index (χ4n) is 0. The van der Waals surface area contributed by atoms with Gasteiger partial charge >= 0.3 is 0 Å². The van der Waals surface area contributed by atoms with Crippen LogP contribution in [-0.2, 0) is 131 Å².